The van der Waals surface area contributed by atoms with Crippen LogP contribution in [0.4, 0.5) is 0 Å². The van der Waals surface area contributed by atoms with Crippen LogP contribution in [-0.2, 0) is 12.1 Å². The minimum Gasteiger partial charge on any atom is -0.247 e. The predicted octanol–water partition coefficient (Wildman–Crippen LogP) is 2.33. The highest BCUT2D eigenvalue weighted by Crippen LogP contribution is 2.19. The molecule has 0 aliphatic rings. The minimum absolute atomic E-state index is 0.121. The van der Waals surface area contributed by atoms with Gasteiger partial charge in [0, 0.05) is 12.0 Å². The van der Waals surface area contributed by atoms with Crippen LogP contribution >= 0.6 is 11.9 Å². The van der Waals surface area contributed by atoms with E-state index < -0.39 is 28.0 Å². The third kappa shape index (κ3) is 3.90. The van der Waals surface area contributed by atoms with Crippen molar-refractivity contribution in [3.63, 3.8) is 0 Å². The van der Waals surface area contributed by atoms with Crippen LogP contribution in [0.25, 0.3) is 0 Å². The van der Waals surface area contributed by atoms with E-state index in [9.17, 15) is 14.4 Å². The molecule has 0 saturated carbocycles. The average molecular weight is 351 g/mol. The van der Waals surface area contributed by atoms with Gasteiger partial charge in [-0.15, -0.1) is 13.2 Å². The molecular weight excluding hydrogens is 326 g/mol. The highest BCUT2D eigenvalue weighted by molar-refractivity contribution is 8.00. The molecule has 1 aromatic heterocycles. The first kappa shape index (κ1) is 20.0. The molecule has 1 heterocycles. The van der Waals surface area contributed by atoms with E-state index in [0.717, 1.165) is 25.1 Å². The van der Waals surface area contributed by atoms with Gasteiger partial charge in [0.25, 0.3) is 0 Å². The average Bonchev–Trinajstić information content (AvgIpc) is 2.48. The van der Waals surface area contributed by atoms with Crippen molar-refractivity contribution < 1.29 is 0 Å². The molecular formula is C17H25N3O3S. The van der Waals surface area contributed by atoms with Crippen LogP contribution in [0.2, 0.25) is 0 Å². The molecule has 7 heteroatoms. The lowest BCUT2D eigenvalue weighted by Gasteiger charge is -2.28. The van der Waals surface area contributed by atoms with Gasteiger partial charge in [0.2, 0.25) is 0 Å². The van der Waals surface area contributed by atoms with Gasteiger partial charge in [-0.1, -0.05) is 32.6 Å². The monoisotopic (exact) mass is 351 g/mol. The number of hydrogen-bond donors (Lipinski definition) is 0. The minimum atomic E-state index is -0.812. The summed E-state index contributed by atoms with van der Waals surface area (Å²) in [6.07, 6.45) is 3.72. The Balaban J connectivity index is 3.88. The van der Waals surface area contributed by atoms with E-state index in [4.69, 9.17) is 0 Å². The molecule has 0 radical (unpaired) electrons. The Bertz CT molecular complexity index is 825. The second-order valence-electron chi connectivity index (χ2n) is 6.83. The molecule has 0 bridgehead atoms. The zero-order chi connectivity index (χ0) is 18.7. The lowest BCUT2D eigenvalue weighted by Crippen LogP contribution is -2.58. The molecule has 0 amide bonds. The molecule has 24 heavy (non-hydrogen) atoms. The first-order valence-electron chi connectivity index (χ1n) is 7.54. The van der Waals surface area contributed by atoms with Crippen molar-refractivity contribution in [2.24, 2.45) is 5.41 Å². The summed E-state index contributed by atoms with van der Waals surface area (Å²) in [4.78, 5) is 38.2. The van der Waals surface area contributed by atoms with Crippen LogP contribution in [0.3, 0.4) is 0 Å². The van der Waals surface area contributed by atoms with Gasteiger partial charge in [0.1, 0.15) is 0 Å². The Kier molecular flexibility index (Phi) is 6.05. The Morgan fingerprint density at radius 3 is 2.04 bits per heavy atom. The smallest absolute Gasteiger partial charge is 0.247 e. The normalized spacial score (nSPS) is 12.0. The van der Waals surface area contributed by atoms with E-state index in [2.05, 4.69) is 19.7 Å². The number of nitrogens with zero attached hydrogens (tertiary/aromatic N) is 3. The van der Waals surface area contributed by atoms with Gasteiger partial charge >= 0.3 is 17.1 Å². The number of allylic oxidation sites excluding steroid dienone is 2. The number of aromatic nitrogens is 3. The highest BCUT2D eigenvalue weighted by Gasteiger charge is 2.28. The first-order valence-corrected chi connectivity index (χ1v) is 8.38. The molecule has 0 saturated heterocycles. The van der Waals surface area contributed by atoms with E-state index in [1.807, 2.05) is 13.8 Å². The largest absolute Gasteiger partial charge is 0.347 e. The van der Waals surface area contributed by atoms with Gasteiger partial charge in [0.15, 0.2) is 0 Å². The van der Waals surface area contributed by atoms with Crippen molar-refractivity contribution >= 4 is 11.9 Å². The van der Waals surface area contributed by atoms with Crippen LogP contribution in [0, 0.1) is 5.41 Å². The van der Waals surface area contributed by atoms with Crippen molar-refractivity contribution in [2.75, 3.05) is 0 Å². The Hall–Kier alpha value is -2.02. The quantitative estimate of drug-likeness (QED) is 0.674. The van der Waals surface area contributed by atoms with Crippen LogP contribution < -0.4 is 17.1 Å². The van der Waals surface area contributed by atoms with E-state index in [0.29, 0.717) is 6.42 Å². The summed E-state index contributed by atoms with van der Waals surface area (Å²) in [5, 5.41) is 1.38. The molecule has 0 aliphatic heterocycles. The van der Waals surface area contributed by atoms with E-state index in [1.165, 1.54) is 5.41 Å². The Morgan fingerprint density at radius 1 is 1.00 bits per heavy atom. The van der Waals surface area contributed by atoms with Crippen molar-refractivity contribution in [1.29, 1.82) is 0 Å². The summed E-state index contributed by atoms with van der Waals surface area (Å²) < 4.78 is 3.12. The summed E-state index contributed by atoms with van der Waals surface area (Å²) in [5.41, 5.74) is -3.27. The predicted molar refractivity (Wildman–Crippen MR) is 101 cm³/mol. The lowest BCUT2D eigenvalue weighted by molar-refractivity contribution is 0.290. The second-order valence-corrected chi connectivity index (χ2v) is 7.74. The van der Waals surface area contributed by atoms with Crippen molar-refractivity contribution in [2.45, 2.75) is 46.2 Å². The molecule has 0 fully saturated rings. The lowest BCUT2D eigenvalue weighted by atomic mass is 9.94. The van der Waals surface area contributed by atoms with E-state index in [-0.39, 0.29) is 6.54 Å². The zero-order valence-electron chi connectivity index (χ0n) is 14.7. The summed E-state index contributed by atoms with van der Waals surface area (Å²) in [6.45, 7) is 18.3. The van der Waals surface area contributed by atoms with Gasteiger partial charge in [0.05, 0.1) is 5.54 Å². The Labute approximate surface area is 146 Å². The van der Waals surface area contributed by atoms with Gasteiger partial charge in [-0.3, -0.25) is 0 Å². The zero-order valence-corrected chi connectivity index (χ0v) is 15.6. The molecule has 132 valence electrons. The topological polar surface area (TPSA) is 66.0 Å². The highest BCUT2D eigenvalue weighted by atomic mass is 32.2. The molecule has 0 aliphatic carbocycles. The fraction of sp³-hybridized carbons (Fsp3) is 0.471. The van der Waals surface area contributed by atoms with Crippen molar-refractivity contribution in [1.82, 2.24) is 13.1 Å². The van der Waals surface area contributed by atoms with Crippen LogP contribution in [0.1, 0.15) is 34.1 Å². The number of rotatable bonds is 8. The molecule has 0 N–H and O–H groups in total. The fourth-order valence-corrected chi connectivity index (χ4v) is 2.81. The van der Waals surface area contributed by atoms with Gasteiger partial charge in [-0.25, -0.2) is 23.5 Å². The Morgan fingerprint density at radius 2 is 1.58 bits per heavy atom. The maximum absolute atomic E-state index is 12.9. The summed E-state index contributed by atoms with van der Waals surface area (Å²) in [7, 11) is 0. The molecule has 1 aromatic rings. The van der Waals surface area contributed by atoms with Crippen LogP contribution in [-0.4, -0.2) is 13.1 Å². The summed E-state index contributed by atoms with van der Waals surface area (Å²) >= 11 is 0.857. The number of hydrogen-bond acceptors (Lipinski definition) is 4. The standard InChI is InChI=1S/C17H25N3O3S/c1-8-11-17(6,7)19-13(21)18(12-16(4,5)9-2)14(22)20(15(19)23)24-10-3/h8-10H,1-3,11-12H2,4-7H3. The SMILES string of the molecule is C=CCC(C)(C)n1c(=O)n(CC(C)(C)C=C)c(=O)n(SC=C)c1=O. The van der Waals surface area contributed by atoms with Crippen molar-refractivity contribution in [3.8, 4) is 0 Å². The third-order valence-corrected chi connectivity index (χ3v) is 4.41. The molecule has 0 unspecified atom stereocenters. The molecule has 0 aromatic carbocycles. The molecule has 0 spiro atoms. The van der Waals surface area contributed by atoms with E-state index >= 15 is 0 Å². The maximum atomic E-state index is 12.9. The van der Waals surface area contributed by atoms with Gasteiger partial charge in [-0.05, 0) is 37.6 Å². The third-order valence-electron chi connectivity index (χ3n) is 3.74. The van der Waals surface area contributed by atoms with Crippen molar-refractivity contribution in [3.05, 3.63) is 68.7 Å². The fourth-order valence-electron chi connectivity index (χ4n) is 2.30. The first-order chi connectivity index (χ1) is 11.0. The van der Waals surface area contributed by atoms with Gasteiger partial charge < -0.3 is 0 Å². The molecule has 1 rings (SSSR count). The van der Waals surface area contributed by atoms with Crippen LogP contribution in [0.5, 0.6) is 0 Å². The molecule has 0 atom stereocenters. The van der Waals surface area contributed by atoms with Gasteiger partial charge in [-0.2, -0.15) is 3.97 Å². The van der Waals surface area contributed by atoms with Crippen LogP contribution in [0.15, 0.2) is 51.7 Å². The summed E-state index contributed by atoms with van der Waals surface area (Å²) in [6, 6.07) is 0. The van der Waals surface area contributed by atoms with E-state index in [1.54, 1.807) is 26.0 Å². The molecule has 6 nitrogen and oxygen atoms in total. The second kappa shape index (κ2) is 7.25. The maximum Gasteiger partial charge on any atom is 0.347 e. The summed E-state index contributed by atoms with van der Waals surface area (Å²) in [5.74, 6) is 0.